The molecule has 5 aromatic rings. The van der Waals surface area contributed by atoms with Crippen molar-refractivity contribution in [2.45, 2.75) is 39.5 Å². The molecule has 0 unspecified atom stereocenters. The summed E-state index contributed by atoms with van der Waals surface area (Å²) in [6.45, 7) is 6.54. The van der Waals surface area contributed by atoms with E-state index in [9.17, 15) is 18.0 Å². The number of para-hydroxylation sites is 1. The summed E-state index contributed by atoms with van der Waals surface area (Å²) in [7, 11) is 0. The molecule has 0 aliphatic heterocycles. The lowest BCUT2D eigenvalue weighted by atomic mass is 10.0. The Labute approximate surface area is 231 Å². The van der Waals surface area contributed by atoms with Crippen molar-refractivity contribution in [1.82, 2.24) is 9.88 Å². The van der Waals surface area contributed by atoms with Crippen molar-refractivity contribution >= 4 is 22.5 Å². The Morgan fingerprint density at radius 1 is 0.925 bits per heavy atom. The van der Waals surface area contributed by atoms with Crippen LogP contribution in [0.15, 0.2) is 91.0 Å². The minimum Gasteiger partial charge on any atom is -0.398 e. The van der Waals surface area contributed by atoms with Crippen LogP contribution in [0, 0.1) is 13.8 Å². The number of alkyl halides is 3. The average molecular weight is 542 g/mol. The number of fused-ring (bicyclic) bond motifs is 1. The Hall–Kier alpha value is -4.52. The van der Waals surface area contributed by atoms with Gasteiger partial charge in [-0.25, -0.2) is 0 Å². The van der Waals surface area contributed by atoms with Gasteiger partial charge in [0.2, 0.25) is 0 Å². The molecule has 1 aromatic heterocycles. The number of rotatable bonds is 6. The summed E-state index contributed by atoms with van der Waals surface area (Å²) < 4.78 is 40.9. The quantitative estimate of drug-likeness (QED) is 0.214. The molecule has 1 heterocycles. The number of aryl methyl sites for hydroxylation is 1. The predicted octanol–water partition coefficient (Wildman–Crippen LogP) is 8.07. The van der Waals surface area contributed by atoms with Gasteiger partial charge in [-0.05, 0) is 79.4 Å². The molecule has 0 fully saturated rings. The van der Waals surface area contributed by atoms with Crippen molar-refractivity contribution in [2.75, 3.05) is 5.73 Å². The number of nitrogens with two attached hydrogens (primary N) is 1. The number of benzene rings is 4. The van der Waals surface area contributed by atoms with Crippen LogP contribution in [-0.2, 0) is 12.7 Å². The largest absolute Gasteiger partial charge is 0.416 e. The number of carbonyl (C=O) groups excluding carboxylic acids is 1. The summed E-state index contributed by atoms with van der Waals surface area (Å²) in [4.78, 5) is 13.1. The van der Waals surface area contributed by atoms with E-state index in [1.807, 2.05) is 43.3 Å². The third-order valence-electron chi connectivity index (χ3n) is 7.55. The number of aromatic nitrogens is 1. The van der Waals surface area contributed by atoms with E-state index in [1.54, 1.807) is 13.0 Å². The molecule has 3 N–H and O–H groups in total. The number of hydrogen-bond donors (Lipinski definition) is 2. The lowest BCUT2D eigenvalue weighted by Crippen LogP contribution is -2.26. The monoisotopic (exact) mass is 541 g/mol. The van der Waals surface area contributed by atoms with Gasteiger partial charge in [-0.1, -0.05) is 54.6 Å². The minimum absolute atomic E-state index is 0.283. The van der Waals surface area contributed by atoms with Crippen LogP contribution in [0.3, 0.4) is 0 Å². The first kappa shape index (κ1) is 27.1. The molecule has 0 bridgehead atoms. The van der Waals surface area contributed by atoms with Crippen LogP contribution in [0.1, 0.15) is 51.3 Å². The Morgan fingerprint density at radius 2 is 1.60 bits per heavy atom. The van der Waals surface area contributed by atoms with Crippen LogP contribution in [0.5, 0.6) is 0 Å². The molecule has 1 atom stereocenters. The Kier molecular flexibility index (Phi) is 7.15. The maximum absolute atomic E-state index is 13.1. The number of halogens is 3. The summed E-state index contributed by atoms with van der Waals surface area (Å²) in [6.07, 6.45) is -4.40. The topological polar surface area (TPSA) is 60.0 Å². The van der Waals surface area contributed by atoms with Crippen molar-refractivity contribution in [3.8, 4) is 11.1 Å². The summed E-state index contributed by atoms with van der Waals surface area (Å²) in [5.74, 6) is -0.283. The second kappa shape index (κ2) is 10.6. The number of nitrogens with one attached hydrogen (secondary N) is 1. The molecule has 7 heteroatoms. The van der Waals surface area contributed by atoms with Crippen LogP contribution in [0.25, 0.3) is 22.0 Å². The zero-order chi connectivity index (χ0) is 28.6. The number of carbonyl (C=O) groups is 1. The number of anilines is 1. The van der Waals surface area contributed by atoms with E-state index in [0.717, 1.165) is 56.7 Å². The van der Waals surface area contributed by atoms with E-state index in [4.69, 9.17) is 5.73 Å². The SMILES string of the molecule is Cc1c(C)n(Cc2ccc(-c3ccccc3N)cc2)c2ccc(C(=O)N[C@@H](C)c3ccc(C(F)(F)F)cc3)cc12. The molecule has 0 spiro atoms. The van der Waals surface area contributed by atoms with Crippen LogP contribution in [0.4, 0.5) is 18.9 Å². The number of nitrogens with zero attached hydrogens (tertiary/aromatic N) is 1. The first-order valence-corrected chi connectivity index (χ1v) is 13.0. The highest BCUT2D eigenvalue weighted by molar-refractivity contribution is 5.99. The van der Waals surface area contributed by atoms with Crippen molar-refractivity contribution < 1.29 is 18.0 Å². The van der Waals surface area contributed by atoms with E-state index in [2.05, 4.69) is 41.1 Å². The van der Waals surface area contributed by atoms with Gasteiger partial charge in [-0.15, -0.1) is 0 Å². The summed E-state index contributed by atoms with van der Waals surface area (Å²) in [5.41, 5.74) is 13.7. The second-order valence-electron chi connectivity index (χ2n) is 10.1. The molecular formula is C33H30F3N3O. The smallest absolute Gasteiger partial charge is 0.398 e. The molecular weight excluding hydrogens is 511 g/mol. The van der Waals surface area contributed by atoms with Gasteiger partial charge in [0, 0.05) is 40.0 Å². The molecule has 0 saturated carbocycles. The van der Waals surface area contributed by atoms with Crippen molar-refractivity contribution in [3.63, 3.8) is 0 Å². The first-order chi connectivity index (χ1) is 19.0. The molecule has 0 aliphatic carbocycles. The standard InChI is InChI=1S/C33H30F3N3O/c1-20-22(3)39(19-23-8-10-25(11-9-23)28-6-4-5-7-30(28)37)31-17-14-26(18-29(20)31)32(40)38-21(2)24-12-15-27(16-13-24)33(34,35)36/h4-18,21H,19,37H2,1-3H3,(H,38,40)/t21-/m0/s1. The zero-order valence-corrected chi connectivity index (χ0v) is 22.5. The maximum atomic E-state index is 13.1. The van der Waals surface area contributed by atoms with E-state index < -0.39 is 17.8 Å². The van der Waals surface area contributed by atoms with Gasteiger partial charge >= 0.3 is 6.18 Å². The lowest BCUT2D eigenvalue weighted by Gasteiger charge is -2.16. The van der Waals surface area contributed by atoms with Gasteiger partial charge in [0.05, 0.1) is 11.6 Å². The molecule has 0 saturated heterocycles. The highest BCUT2D eigenvalue weighted by Gasteiger charge is 2.30. The van der Waals surface area contributed by atoms with Crippen LogP contribution < -0.4 is 11.1 Å². The fraction of sp³-hybridized carbons (Fsp3) is 0.182. The van der Waals surface area contributed by atoms with Gasteiger partial charge in [0.15, 0.2) is 0 Å². The fourth-order valence-electron chi connectivity index (χ4n) is 5.05. The third kappa shape index (κ3) is 5.32. The Bertz CT molecular complexity index is 1680. The molecule has 40 heavy (non-hydrogen) atoms. The second-order valence-corrected chi connectivity index (χ2v) is 10.1. The van der Waals surface area contributed by atoms with E-state index in [0.29, 0.717) is 17.7 Å². The number of nitrogen functional groups attached to an aromatic ring is 1. The molecule has 0 radical (unpaired) electrons. The van der Waals surface area contributed by atoms with Gasteiger partial charge in [-0.3, -0.25) is 4.79 Å². The minimum atomic E-state index is -4.40. The fourth-order valence-corrected chi connectivity index (χ4v) is 5.05. The first-order valence-electron chi connectivity index (χ1n) is 13.0. The molecule has 1 amide bonds. The molecule has 4 aromatic carbocycles. The molecule has 0 aliphatic rings. The predicted molar refractivity (Wildman–Crippen MR) is 154 cm³/mol. The molecule has 5 rings (SSSR count). The van der Waals surface area contributed by atoms with Gasteiger partial charge in [-0.2, -0.15) is 13.2 Å². The summed E-state index contributed by atoms with van der Waals surface area (Å²) >= 11 is 0. The molecule has 4 nitrogen and oxygen atoms in total. The van der Waals surface area contributed by atoms with E-state index in [1.165, 1.54) is 12.1 Å². The average Bonchev–Trinajstić information content (AvgIpc) is 3.17. The highest BCUT2D eigenvalue weighted by atomic mass is 19.4. The van der Waals surface area contributed by atoms with Crippen LogP contribution >= 0.6 is 0 Å². The third-order valence-corrected chi connectivity index (χ3v) is 7.55. The number of amides is 1. The van der Waals surface area contributed by atoms with Crippen LogP contribution in [0.2, 0.25) is 0 Å². The van der Waals surface area contributed by atoms with Crippen molar-refractivity contribution in [1.29, 1.82) is 0 Å². The van der Waals surface area contributed by atoms with Gasteiger partial charge in [0.1, 0.15) is 0 Å². The highest BCUT2D eigenvalue weighted by Crippen LogP contribution is 2.31. The maximum Gasteiger partial charge on any atom is 0.416 e. The van der Waals surface area contributed by atoms with E-state index in [-0.39, 0.29) is 5.91 Å². The van der Waals surface area contributed by atoms with Crippen LogP contribution in [-0.4, -0.2) is 10.5 Å². The molecule has 204 valence electrons. The summed E-state index contributed by atoms with van der Waals surface area (Å²) in [6, 6.07) is 26.2. The van der Waals surface area contributed by atoms with Gasteiger partial charge in [0.25, 0.3) is 5.91 Å². The summed E-state index contributed by atoms with van der Waals surface area (Å²) in [5, 5.41) is 3.89. The Balaban J connectivity index is 1.34. The zero-order valence-electron chi connectivity index (χ0n) is 22.5. The number of hydrogen-bond acceptors (Lipinski definition) is 2. The normalized spacial score (nSPS) is 12.4. The Morgan fingerprint density at radius 3 is 2.25 bits per heavy atom. The van der Waals surface area contributed by atoms with Gasteiger partial charge < -0.3 is 15.6 Å². The lowest BCUT2D eigenvalue weighted by molar-refractivity contribution is -0.137. The van der Waals surface area contributed by atoms with Crippen molar-refractivity contribution in [2.24, 2.45) is 0 Å². The van der Waals surface area contributed by atoms with E-state index >= 15 is 0 Å². The van der Waals surface area contributed by atoms with Crippen molar-refractivity contribution in [3.05, 3.63) is 125 Å².